The van der Waals surface area contributed by atoms with Crippen LogP contribution in [-0.2, 0) is 5.54 Å². The van der Waals surface area contributed by atoms with Crippen LogP contribution in [0, 0.1) is 17.6 Å². The monoisotopic (exact) mass is 542 g/mol. The highest BCUT2D eigenvalue weighted by atomic mass is 32.2. The minimum atomic E-state index is -3.07. The Morgan fingerprint density at radius 1 is 1.27 bits per heavy atom. The number of nitrogens with one attached hydrogen (secondary N) is 1. The third-order valence-electron chi connectivity index (χ3n) is 6.39. The summed E-state index contributed by atoms with van der Waals surface area (Å²) in [6, 6.07) is 3.62. The highest BCUT2D eigenvalue weighted by molar-refractivity contribution is 8.15. The van der Waals surface area contributed by atoms with Gasteiger partial charge in [-0.1, -0.05) is 11.8 Å². The molecule has 3 heterocycles. The number of hydrogen-bond acceptors (Lipinski definition) is 8. The van der Waals surface area contributed by atoms with E-state index in [0.717, 1.165) is 24.0 Å². The van der Waals surface area contributed by atoms with E-state index in [1.54, 1.807) is 0 Å². The van der Waals surface area contributed by atoms with Gasteiger partial charge in [-0.15, -0.1) is 0 Å². The van der Waals surface area contributed by atoms with Gasteiger partial charge in [0.25, 0.3) is 12.3 Å². The van der Waals surface area contributed by atoms with Crippen LogP contribution >= 0.6 is 11.8 Å². The first-order chi connectivity index (χ1) is 17.3. The molecule has 3 atom stereocenters. The Morgan fingerprint density at radius 3 is 2.73 bits per heavy atom. The number of benzene rings is 1. The molecule has 3 aromatic rings. The summed E-state index contributed by atoms with van der Waals surface area (Å²) in [6.07, 6.45) is -0.193. The Hall–Kier alpha value is -3.29. The van der Waals surface area contributed by atoms with Crippen molar-refractivity contribution in [3.05, 3.63) is 47.8 Å². The maximum absolute atomic E-state index is 15.0. The molecule has 0 amide bonds. The number of hydrogen-bond donors (Lipinski definition) is 2. The highest BCUT2D eigenvalue weighted by Crippen LogP contribution is 2.68. The van der Waals surface area contributed by atoms with Crippen molar-refractivity contribution in [2.24, 2.45) is 16.6 Å². The first-order valence-corrected chi connectivity index (χ1v) is 11.9. The summed E-state index contributed by atoms with van der Waals surface area (Å²) in [5.74, 6) is -6.28. The SMILES string of the molecule is CC(F)(F)COc1cnc2c(Nc3cc(F)c(F)c([C@@]4(C)N=C(N)S[C@@]5(C(F)F)C[C@@H]45)c3)nccc2n1. The van der Waals surface area contributed by atoms with Crippen LogP contribution in [0.4, 0.5) is 37.8 Å². The predicted octanol–water partition coefficient (Wildman–Crippen LogP) is 5.38. The number of amidine groups is 1. The van der Waals surface area contributed by atoms with Crippen LogP contribution < -0.4 is 15.8 Å². The van der Waals surface area contributed by atoms with Crippen LogP contribution in [0.15, 0.2) is 35.6 Å². The molecular weight excluding hydrogens is 522 g/mol. The van der Waals surface area contributed by atoms with E-state index < -0.39 is 46.8 Å². The van der Waals surface area contributed by atoms with Crippen LogP contribution in [0.3, 0.4) is 0 Å². The Balaban J connectivity index is 1.49. The largest absolute Gasteiger partial charge is 0.470 e. The van der Waals surface area contributed by atoms with Crippen molar-refractivity contribution >= 4 is 39.5 Å². The number of thioether (sulfide) groups is 1. The molecule has 0 saturated heterocycles. The fourth-order valence-corrected chi connectivity index (χ4v) is 5.90. The normalized spacial score (nSPS) is 25.1. The summed E-state index contributed by atoms with van der Waals surface area (Å²) >= 11 is 0.761. The third kappa shape index (κ3) is 4.51. The molecule has 7 nitrogen and oxygen atoms in total. The second-order valence-electron chi connectivity index (χ2n) is 9.25. The van der Waals surface area contributed by atoms with E-state index in [1.165, 1.54) is 25.3 Å². The zero-order valence-electron chi connectivity index (χ0n) is 19.4. The number of nitrogens with zero attached hydrogens (tertiary/aromatic N) is 4. The van der Waals surface area contributed by atoms with Gasteiger partial charge in [-0.3, -0.25) is 4.99 Å². The summed E-state index contributed by atoms with van der Waals surface area (Å²) in [7, 11) is 0. The summed E-state index contributed by atoms with van der Waals surface area (Å²) in [4.78, 5) is 16.7. The van der Waals surface area contributed by atoms with Gasteiger partial charge in [0, 0.05) is 36.4 Å². The van der Waals surface area contributed by atoms with Gasteiger partial charge in [-0.05, 0) is 25.5 Å². The quantitative estimate of drug-likeness (QED) is 0.387. The number of ether oxygens (including phenoxy) is 1. The van der Waals surface area contributed by atoms with Crippen LogP contribution in [0.1, 0.15) is 25.8 Å². The zero-order valence-corrected chi connectivity index (χ0v) is 20.2. The average Bonchev–Trinajstić information content (AvgIpc) is 3.56. The Morgan fingerprint density at radius 2 is 2.03 bits per heavy atom. The van der Waals surface area contributed by atoms with Gasteiger partial charge in [0.05, 0.1) is 22.0 Å². The van der Waals surface area contributed by atoms with E-state index in [2.05, 4.69) is 25.3 Å². The zero-order chi connectivity index (χ0) is 26.8. The van der Waals surface area contributed by atoms with Gasteiger partial charge in [-0.25, -0.2) is 41.3 Å². The van der Waals surface area contributed by atoms with Crippen molar-refractivity contribution in [2.45, 2.75) is 42.9 Å². The standard InChI is InChI=1S/C23H20F6N6OS/c1-21(28,29)9-36-15-8-32-17-13(34-15)3-4-31-18(17)33-10-5-11(16(25)12(24)6-10)22(2)14-7-23(14,19(26)27)37-20(30)35-22/h3-6,8,14,19H,7,9H2,1-2H3,(H2,30,35)(H,31,33)/t14-,22+,23-/m0/s1. The minimum absolute atomic E-state index is 0.0452. The molecule has 3 N–H and O–H groups in total. The second-order valence-corrected chi connectivity index (χ2v) is 10.6. The first kappa shape index (κ1) is 25.4. The molecule has 2 aliphatic rings. The number of rotatable bonds is 7. The molecule has 1 fully saturated rings. The lowest BCUT2D eigenvalue weighted by atomic mass is 9.85. The molecule has 1 saturated carbocycles. The molecule has 196 valence electrons. The molecule has 1 aromatic carbocycles. The van der Waals surface area contributed by atoms with Crippen LogP contribution in [0.25, 0.3) is 11.0 Å². The average molecular weight is 543 g/mol. The third-order valence-corrected chi connectivity index (χ3v) is 7.70. The Bertz CT molecular complexity index is 1420. The van der Waals surface area contributed by atoms with Gasteiger partial charge < -0.3 is 15.8 Å². The number of pyridine rings is 1. The fraction of sp³-hybridized carbons (Fsp3) is 0.391. The molecule has 0 unspecified atom stereocenters. The molecule has 0 radical (unpaired) electrons. The van der Waals surface area contributed by atoms with Crippen molar-refractivity contribution < 1.29 is 31.1 Å². The number of anilines is 2. The van der Waals surface area contributed by atoms with Gasteiger partial charge >= 0.3 is 0 Å². The smallest absolute Gasteiger partial charge is 0.278 e. The van der Waals surface area contributed by atoms with Crippen LogP contribution in [0.5, 0.6) is 5.88 Å². The Kier molecular flexibility index (Phi) is 5.92. The summed E-state index contributed by atoms with van der Waals surface area (Å²) in [5, 5.41) is 2.72. The van der Waals surface area contributed by atoms with E-state index in [9.17, 15) is 22.0 Å². The van der Waals surface area contributed by atoms with Gasteiger partial charge in [-0.2, -0.15) is 0 Å². The molecular formula is C23H20F6N6OS. The van der Waals surface area contributed by atoms with Crippen molar-refractivity contribution in [2.75, 3.05) is 11.9 Å². The number of aromatic nitrogens is 3. The molecule has 1 aliphatic heterocycles. The predicted molar refractivity (Wildman–Crippen MR) is 126 cm³/mol. The van der Waals surface area contributed by atoms with Crippen LogP contribution in [0.2, 0.25) is 0 Å². The Labute approximate surface area is 210 Å². The number of aliphatic imine (C=N–C) groups is 1. The first-order valence-electron chi connectivity index (χ1n) is 11.0. The molecule has 14 heteroatoms. The van der Waals surface area contributed by atoms with Crippen LogP contribution in [-0.4, -0.2) is 43.8 Å². The number of nitrogens with two attached hydrogens (primary N) is 1. The minimum Gasteiger partial charge on any atom is -0.470 e. The van der Waals surface area contributed by atoms with Crippen molar-refractivity contribution in [3.63, 3.8) is 0 Å². The molecule has 5 rings (SSSR count). The van der Waals surface area contributed by atoms with E-state index in [-0.39, 0.29) is 45.6 Å². The fourth-order valence-electron chi connectivity index (χ4n) is 4.56. The molecule has 1 aliphatic carbocycles. The lowest BCUT2D eigenvalue weighted by molar-refractivity contribution is -0.0242. The topological polar surface area (TPSA) is 98.3 Å². The lowest BCUT2D eigenvalue weighted by Gasteiger charge is -2.34. The van der Waals surface area contributed by atoms with E-state index in [0.29, 0.717) is 6.92 Å². The van der Waals surface area contributed by atoms with Gasteiger partial charge in [0.15, 0.2) is 29.2 Å². The molecule has 0 bridgehead atoms. The van der Waals surface area contributed by atoms with E-state index in [4.69, 9.17) is 10.5 Å². The van der Waals surface area contributed by atoms with Crippen molar-refractivity contribution in [1.82, 2.24) is 15.0 Å². The maximum Gasteiger partial charge on any atom is 0.278 e. The van der Waals surface area contributed by atoms with E-state index >= 15 is 4.39 Å². The summed E-state index contributed by atoms with van der Waals surface area (Å²) in [6.45, 7) is 1.27. The second kappa shape index (κ2) is 8.64. The maximum atomic E-state index is 15.0. The molecule has 2 aromatic heterocycles. The lowest BCUT2D eigenvalue weighted by Crippen LogP contribution is -2.39. The summed E-state index contributed by atoms with van der Waals surface area (Å²) in [5.41, 5.74) is 4.57. The van der Waals surface area contributed by atoms with Crippen molar-refractivity contribution in [1.29, 1.82) is 0 Å². The van der Waals surface area contributed by atoms with Crippen molar-refractivity contribution in [3.8, 4) is 5.88 Å². The van der Waals surface area contributed by atoms with Gasteiger partial charge in [0.2, 0.25) is 5.88 Å². The number of fused-ring (bicyclic) bond motifs is 2. The number of alkyl halides is 4. The number of halogens is 6. The summed E-state index contributed by atoms with van der Waals surface area (Å²) < 4.78 is 87.1. The van der Waals surface area contributed by atoms with Gasteiger partial charge in [0.1, 0.15) is 5.52 Å². The molecule has 37 heavy (non-hydrogen) atoms. The molecule has 0 spiro atoms. The van der Waals surface area contributed by atoms with E-state index in [1.807, 2.05) is 0 Å². The highest BCUT2D eigenvalue weighted by Gasteiger charge is 2.71.